The van der Waals surface area contributed by atoms with E-state index in [1.165, 1.54) is 4.88 Å². The number of aryl methyl sites for hydroxylation is 1. The fraction of sp³-hybridized carbons (Fsp3) is 0.421. The van der Waals surface area contributed by atoms with E-state index < -0.39 is 11.9 Å². The van der Waals surface area contributed by atoms with Crippen LogP contribution in [0.4, 0.5) is 17.6 Å². The van der Waals surface area contributed by atoms with Gasteiger partial charge in [0.1, 0.15) is 11.6 Å². The second kappa shape index (κ2) is 10.5. The number of ketones is 1. The number of Topliss-reactive ketones (excluding diaryl/α,β-unsaturated/α-hetero) is 1. The molecule has 0 fully saturated rings. The highest BCUT2D eigenvalue weighted by atomic mass is 32.1. The zero-order valence-electron chi connectivity index (χ0n) is 16.6. The SMILES string of the molecule is CC(=O)c1ccc(CCC2CNc3nc(N)nc(N)c3C2)s1.O=C(O)CCC(=O)O. The van der Waals surface area contributed by atoms with Crippen molar-refractivity contribution < 1.29 is 24.6 Å². The highest BCUT2D eigenvalue weighted by Crippen LogP contribution is 2.30. The standard InChI is InChI=1S/C15H19N5OS.C4H6O4/c1-8(21)12-5-4-10(22-12)3-2-9-6-11-13(16)19-15(17)20-14(11)18-7-9;5-3(6)1-2-4(7)8/h4-5,9H,2-3,6-7H2,1H3,(H5,16,17,18,19,20);1-2H2,(H,5,6)(H,7,8). The van der Waals surface area contributed by atoms with E-state index in [4.69, 9.17) is 21.7 Å². The Morgan fingerprint density at radius 2 is 1.83 bits per heavy atom. The molecule has 0 saturated heterocycles. The summed E-state index contributed by atoms with van der Waals surface area (Å²) < 4.78 is 0. The molecular formula is C19H25N5O5S. The van der Waals surface area contributed by atoms with Crippen LogP contribution in [-0.2, 0) is 22.4 Å². The van der Waals surface area contributed by atoms with Crippen LogP contribution in [0, 0.1) is 5.92 Å². The molecule has 162 valence electrons. The lowest BCUT2D eigenvalue weighted by Crippen LogP contribution is -2.26. The zero-order chi connectivity index (χ0) is 22.3. The van der Waals surface area contributed by atoms with Gasteiger partial charge in [-0.2, -0.15) is 9.97 Å². The quantitative estimate of drug-likeness (QED) is 0.404. The van der Waals surface area contributed by atoms with Crippen molar-refractivity contribution in [2.45, 2.75) is 39.0 Å². The Morgan fingerprint density at radius 1 is 1.17 bits per heavy atom. The van der Waals surface area contributed by atoms with E-state index in [-0.39, 0.29) is 24.6 Å². The molecule has 0 saturated carbocycles. The predicted molar refractivity (Wildman–Crippen MR) is 114 cm³/mol. The molecule has 2 aromatic rings. The van der Waals surface area contributed by atoms with Crippen LogP contribution in [-0.4, -0.2) is 44.4 Å². The van der Waals surface area contributed by atoms with E-state index in [0.717, 1.165) is 42.1 Å². The Labute approximate surface area is 177 Å². The summed E-state index contributed by atoms with van der Waals surface area (Å²) in [4.78, 5) is 40.9. The molecule has 1 aliphatic rings. The summed E-state index contributed by atoms with van der Waals surface area (Å²) in [6.07, 6.45) is 2.27. The van der Waals surface area contributed by atoms with E-state index in [9.17, 15) is 14.4 Å². The second-order valence-electron chi connectivity index (χ2n) is 6.89. The number of aliphatic carboxylic acids is 2. The maximum Gasteiger partial charge on any atom is 0.303 e. The molecule has 1 atom stereocenters. The average Bonchev–Trinajstić information content (AvgIpc) is 3.15. The molecule has 0 spiro atoms. The fourth-order valence-electron chi connectivity index (χ4n) is 2.93. The van der Waals surface area contributed by atoms with Crippen molar-refractivity contribution >= 4 is 46.6 Å². The number of carboxylic acid groups (broad SMARTS) is 2. The molecule has 0 aliphatic carbocycles. The minimum absolute atomic E-state index is 0.132. The van der Waals surface area contributed by atoms with E-state index in [2.05, 4.69) is 15.3 Å². The number of rotatable bonds is 7. The van der Waals surface area contributed by atoms with Gasteiger partial charge in [-0.15, -0.1) is 11.3 Å². The molecule has 0 aromatic carbocycles. The van der Waals surface area contributed by atoms with Gasteiger partial charge in [0.15, 0.2) is 5.78 Å². The minimum atomic E-state index is -1.08. The molecule has 3 heterocycles. The number of nitrogens with zero attached hydrogens (tertiary/aromatic N) is 2. The van der Waals surface area contributed by atoms with Crippen LogP contribution in [0.1, 0.15) is 46.3 Å². The molecule has 1 aliphatic heterocycles. The number of nitrogen functional groups attached to an aromatic ring is 2. The van der Waals surface area contributed by atoms with Crippen LogP contribution in [0.3, 0.4) is 0 Å². The summed E-state index contributed by atoms with van der Waals surface area (Å²) in [6, 6.07) is 3.95. The molecule has 1 unspecified atom stereocenters. The predicted octanol–water partition coefficient (Wildman–Crippen LogP) is 2.06. The van der Waals surface area contributed by atoms with Gasteiger partial charge in [0, 0.05) is 17.0 Å². The summed E-state index contributed by atoms with van der Waals surface area (Å²) in [5, 5.41) is 19.1. The maximum atomic E-state index is 11.3. The van der Waals surface area contributed by atoms with Crippen LogP contribution in [0.25, 0.3) is 0 Å². The van der Waals surface area contributed by atoms with Gasteiger partial charge >= 0.3 is 11.9 Å². The van der Waals surface area contributed by atoms with E-state index >= 15 is 0 Å². The van der Waals surface area contributed by atoms with Crippen molar-refractivity contribution in [1.82, 2.24) is 9.97 Å². The van der Waals surface area contributed by atoms with Crippen molar-refractivity contribution in [3.8, 4) is 0 Å². The highest BCUT2D eigenvalue weighted by Gasteiger charge is 2.22. The highest BCUT2D eigenvalue weighted by molar-refractivity contribution is 7.14. The summed E-state index contributed by atoms with van der Waals surface area (Å²) in [7, 11) is 0. The lowest BCUT2D eigenvalue weighted by molar-refractivity contribution is -0.143. The van der Waals surface area contributed by atoms with Gasteiger partial charge in [-0.3, -0.25) is 14.4 Å². The number of nitrogens with one attached hydrogen (secondary N) is 1. The van der Waals surface area contributed by atoms with Gasteiger partial charge in [0.25, 0.3) is 0 Å². The van der Waals surface area contributed by atoms with E-state index in [0.29, 0.717) is 11.7 Å². The molecule has 2 aromatic heterocycles. The zero-order valence-corrected chi connectivity index (χ0v) is 17.4. The number of carbonyl (C=O) groups excluding carboxylic acids is 1. The number of hydrogen-bond donors (Lipinski definition) is 5. The van der Waals surface area contributed by atoms with Crippen molar-refractivity contribution in [1.29, 1.82) is 0 Å². The first-order valence-electron chi connectivity index (χ1n) is 9.34. The Kier molecular flexibility index (Phi) is 8.10. The number of carbonyl (C=O) groups is 3. The van der Waals surface area contributed by atoms with Gasteiger partial charge in [0.2, 0.25) is 5.95 Å². The normalized spacial score (nSPS) is 14.6. The molecule has 0 bridgehead atoms. The maximum absolute atomic E-state index is 11.3. The lowest BCUT2D eigenvalue weighted by Gasteiger charge is -2.25. The largest absolute Gasteiger partial charge is 0.481 e. The molecule has 3 rings (SSSR count). The Hall–Kier alpha value is -3.21. The number of hydrogen-bond acceptors (Lipinski definition) is 9. The minimum Gasteiger partial charge on any atom is -0.481 e. The Bertz CT molecular complexity index is 916. The number of thiophene rings is 1. The van der Waals surface area contributed by atoms with Gasteiger partial charge in [-0.25, -0.2) is 0 Å². The summed E-state index contributed by atoms with van der Waals surface area (Å²) in [6.45, 7) is 2.46. The van der Waals surface area contributed by atoms with E-state index in [1.807, 2.05) is 12.1 Å². The monoisotopic (exact) mass is 435 g/mol. The van der Waals surface area contributed by atoms with Crippen LogP contribution in [0.5, 0.6) is 0 Å². The molecular weight excluding hydrogens is 410 g/mol. The van der Waals surface area contributed by atoms with Crippen LogP contribution >= 0.6 is 11.3 Å². The average molecular weight is 436 g/mol. The number of nitrogens with two attached hydrogens (primary N) is 2. The molecule has 7 N–H and O–H groups in total. The summed E-state index contributed by atoms with van der Waals surface area (Å²) in [5.41, 5.74) is 12.5. The van der Waals surface area contributed by atoms with Gasteiger partial charge < -0.3 is 27.0 Å². The number of fused-ring (bicyclic) bond motifs is 1. The van der Waals surface area contributed by atoms with Crippen molar-refractivity contribution in [2.24, 2.45) is 5.92 Å². The molecule has 10 nitrogen and oxygen atoms in total. The lowest BCUT2D eigenvalue weighted by atomic mass is 9.92. The van der Waals surface area contributed by atoms with Crippen LogP contribution in [0.15, 0.2) is 12.1 Å². The van der Waals surface area contributed by atoms with Crippen molar-refractivity contribution in [3.63, 3.8) is 0 Å². The summed E-state index contributed by atoms with van der Waals surface area (Å²) in [5.74, 6) is -0.111. The summed E-state index contributed by atoms with van der Waals surface area (Å²) >= 11 is 1.58. The third kappa shape index (κ3) is 6.99. The van der Waals surface area contributed by atoms with Gasteiger partial charge in [-0.05, 0) is 44.2 Å². The third-order valence-electron chi connectivity index (χ3n) is 4.47. The molecule has 30 heavy (non-hydrogen) atoms. The smallest absolute Gasteiger partial charge is 0.303 e. The number of anilines is 3. The van der Waals surface area contributed by atoms with Crippen LogP contribution < -0.4 is 16.8 Å². The molecule has 0 radical (unpaired) electrons. The first kappa shape index (κ1) is 23.1. The Morgan fingerprint density at radius 3 is 2.40 bits per heavy atom. The van der Waals surface area contributed by atoms with Crippen LogP contribution in [0.2, 0.25) is 0 Å². The third-order valence-corrected chi connectivity index (χ3v) is 5.71. The first-order chi connectivity index (χ1) is 14.2. The van der Waals surface area contributed by atoms with E-state index in [1.54, 1.807) is 18.3 Å². The van der Waals surface area contributed by atoms with Crippen molar-refractivity contribution in [2.75, 3.05) is 23.3 Å². The number of aromatic nitrogens is 2. The molecule has 11 heteroatoms. The topological polar surface area (TPSA) is 182 Å². The van der Waals surface area contributed by atoms with Gasteiger partial charge in [0.05, 0.1) is 17.7 Å². The van der Waals surface area contributed by atoms with Gasteiger partial charge in [-0.1, -0.05) is 0 Å². The number of carboxylic acids is 2. The first-order valence-corrected chi connectivity index (χ1v) is 10.2. The Balaban J connectivity index is 0.000000343. The molecule has 0 amide bonds. The fourth-order valence-corrected chi connectivity index (χ4v) is 3.85. The second-order valence-corrected chi connectivity index (χ2v) is 8.06. The van der Waals surface area contributed by atoms with Crippen molar-refractivity contribution in [3.05, 3.63) is 27.5 Å².